The minimum absolute atomic E-state index is 0.0994. The summed E-state index contributed by atoms with van der Waals surface area (Å²) in [5.41, 5.74) is 6.65. The molecule has 2 rings (SSSR count). The van der Waals surface area contributed by atoms with Gasteiger partial charge in [0.25, 0.3) is 0 Å². The molecule has 0 saturated heterocycles. The largest absolute Gasteiger partial charge is 0.478 e. The molecule has 0 spiro atoms. The number of carbonyl (C=O) groups is 1. The molecule has 7 nitrogen and oxygen atoms in total. The van der Waals surface area contributed by atoms with Crippen molar-refractivity contribution in [3.05, 3.63) is 35.9 Å². The summed E-state index contributed by atoms with van der Waals surface area (Å²) in [7, 11) is 0. The summed E-state index contributed by atoms with van der Waals surface area (Å²) in [6.07, 6.45) is 4.40. The molecule has 3 N–H and O–H groups in total. The van der Waals surface area contributed by atoms with Crippen LogP contribution in [0.2, 0.25) is 0 Å². The first kappa shape index (κ1) is 10.2. The van der Waals surface area contributed by atoms with Gasteiger partial charge in [0.05, 0.1) is 29.3 Å². The van der Waals surface area contributed by atoms with Gasteiger partial charge in [-0.25, -0.2) is 9.48 Å². The van der Waals surface area contributed by atoms with Crippen molar-refractivity contribution in [2.24, 2.45) is 5.73 Å². The van der Waals surface area contributed by atoms with Gasteiger partial charge in [0, 0.05) is 12.7 Å². The molecule has 0 fully saturated rings. The highest BCUT2D eigenvalue weighted by Gasteiger charge is 2.06. The van der Waals surface area contributed by atoms with Crippen molar-refractivity contribution >= 4 is 5.97 Å². The van der Waals surface area contributed by atoms with Crippen LogP contribution >= 0.6 is 0 Å². The molecule has 2 heterocycles. The average Bonchev–Trinajstić information content (AvgIpc) is 2.77. The smallest absolute Gasteiger partial charge is 0.337 e. The molecular weight excluding hydrogens is 210 g/mol. The first-order valence-corrected chi connectivity index (χ1v) is 4.50. The minimum Gasteiger partial charge on any atom is -0.478 e. The van der Waals surface area contributed by atoms with Gasteiger partial charge < -0.3 is 10.8 Å². The number of hydrogen-bond acceptors (Lipinski definition) is 5. The summed E-state index contributed by atoms with van der Waals surface area (Å²) in [6, 6.07) is 1.46. The molecule has 82 valence electrons. The Labute approximate surface area is 90.5 Å². The number of nitrogens with zero attached hydrogens (tertiary/aromatic N) is 4. The fourth-order valence-corrected chi connectivity index (χ4v) is 1.19. The maximum atomic E-state index is 10.7. The quantitative estimate of drug-likeness (QED) is 0.741. The van der Waals surface area contributed by atoms with Gasteiger partial charge in [-0.2, -0.15) is 0 Å². The third-order valence-electron chi connectivity index (χ3n) is 1.99. The van der Waals surface area contributed by atoms with E-state index in [2.05, 4.69) is 15.3 Å². The third-order valence-corrected chi connectivity index (χ3v) is 1.99. The lowest BCUT2D eigenvalue weighted by Gasteiger charge is -1.99. The van der Waals surface area contributed by atoms with Crippen molar-refractivity contribution in [2.75, 3.05) is 0 Å². The molecule has 0 aliphatic heterocycles. The predicted octanol–water partition coefficient (Wildman–Crippen LogP) is -0.181. The molecule has 2 aromatic rings. The van der Waals surface area contributed by atoms with Gasteiger partial charge >= 0.3 is 5.97 Å². The van der Waals surface area contributed by atoms with E-state index in [1.165, 1.54) is 23.1 Å². The standard InChI is InChI=1S/C9H9N5O2/c10-2-7-5-14(13-12-7)8-1-6(9(15)16)3-11-4-8/h1,3-5H,2,10H2,(H,15,16). The van der Waals surface area contributed by atoms with Crippen molar-refractivity contribution in [1.82, 2.24) is 20.0 Å². The second-order valence-corrected chi connectivity index (χ2v) is 3.10. The Morgan fingerprint density at radius 1 is 1.50 bits per heavy atom. The fraction of sp³-hybridized carbons (Fsp3) is 0.111. The lowest BCUT2D eigenvalue weighted by atomic mass is 10.3. The molecule has 0 aliphatic rings. The Balaban J connectivity index is 2.40. The predicted molar refractivity (Wildman–Crippen MR) is 54.0 cm³/mol. The molecule has 0 saturated carbocycles. The summed E-state index contributed by atoms with van der Waals surface area (Å²) in [4.78, 5) is 14.6. The summed E-state index contributed by atoms with van der Waals surface area (Å²) < 4.78 is 1.43. The van der Waals surface area contributed by atoms with Crippen molar-refractivity contribution in [2.45, 2.75) is 6.54 Å². The topological polar surface area (TPSA) is 107 Å². The average molecular weight is 219 g/mol. The summed E-state index contributed by atoms with van der Waals surface area (Å²) >= 11 is 0. The van der Waals surface area contributed by atoms with Crippen molar-refractivity contribution < 1.29 is 9.90 Å². The molecular formula is C9H9N5O2. The van der Waals surface area contributed by atoms with Gasteiger partial charge in [-0.1, -0.05) is 5.21 Å². The minimum atomic E-state index is -1.03. The molecule has 0 bridgehead atoms. The van der Waals surface area contributed by atoms with E-state index >= 15 is 0 Å². The van der Waals surface area contributed by atoms with Gasteiger partial charge in [-0.15, -0.1) is 5.10 Å². The highest BCUT2D eigenvalue weighted by Crippen LogP contribution is 2.07. The molecule has 16 heavy (non-hydrogen) atoms. The van der Waals surface area contributed by atoms with Crippen LogP contribution in [0.4, 0.5) is 0 Å². The van der Waals surface area contributed by atoms with Crippen LogP contribution in [0.15, 0.2) is 24.7 Å². The second-order valence-electron chi connectivity index (χ2n) is 3.10. The Morgan fingerprint density at radius 3 is 2.94 bits per heavy atom. The monoisotopic (exact) mass is 219 g/mol. The number of hydrogen-bond donors (Lipinski definition) is 2. The number of carboxylic acids is 1. The zero-order valence-corrected chi connectivity index (χ0v) is 8.24. The number of pyridine rings is 1. The van der Waals surface area contributed by atoms with E-state index in [-0.39, 0.29) is 12.1 Å². The summed E-state index contributed by atoms with van der Waals surface area (Å²) in [5.74, 6) is -1.03. The zero-order valence-electron chi connectivity index (χ0n) is 8.24. The molecule has 7 heteroatoms. The van der Waals surface area contributed by atoms with Crippen LogP contribution < -0.4 is 5.73 Å². The van der Waals surface area contributed by atoms with E-state index in [1.807, 2.05) is 0 Å². The van der Waals surface area contributed by atoms with Crippen LogP contribution in [0.5, 0.6) is 0 Å². The molecule has 0 atom stereocenters. The Kier molecular flexibility index (Phi) is 2.61. The van der Waals surface area contributed by atoms with E-state index in [0.29, 0.717) is 11.4 Å². The van der Waals surface area contributed by atoms with Crippen LogP contribution in [-0.4, -0.2) is 31.1 Å². The Morgan fingerprint density at radius 2 is 2.31 bits per heavy atom. The second kappa shape index (κ2) is 4.07. The van der Waals surface area contributed by atoms with E-state index < -0.39 is 5.97 Å². The van der Waals surface area contributed by atoms with Gasteiger partial charge in [0.2, 0.25) is 0 Å². The van der Waals surface area contributed by atoms with Crippen LogP contribution in [-0.2, 0) is 6.54 Å². The van der Waals surface area contributed by atoms with Crippen LogP contribution in [0, 0.1) is 0 Å². The molecule has 0 unspecified atom stereocenters. The Bertz CT molecular complexity index is 522. The van der Waals surface area contributed by atoms with Gasteiger partial charge in [0.15, 0.2) is 0 Å². The van der Waals surface area contributed by atoms with Crippen molar-refractivity contribution in [3.63, 3.8) is 0 Å². The molecule has 2 aromatic heterocycles. The van der Waals surface area contributed by atoms with Gasteiger partial charge in [0.1, 0.15) is 0 Å². The lowest BCUT2D eigenvalue weighted by Crippen LogP contribution is -2.01. The highest BCUT2D eigenvalue weighted by atomic mass is 16.4. The number of aromatic nitrogens is 4. The first-order valence-electron chi connectivity index (χ1n) is 4.50. The maximum absolute atomic E-state index is 10.7. The lowest BCUT2D eigenvalue weighted by molar-refractivity contribution is 0.0696. The van der Waals surface area contributed by atoms with E-state index in [0.717, 1.165) is 0 Å². The Hall–Kier alpha value is -2.28. The van der Waals surface area contributed by atoms with Crippen molar-refractivity contribution in [1.29, 1.82) is 0 Å². The van der Waals surface area contributed by atoms with Gasteiger partial charge in [-0.05, 0) is 6.07 Å². The molecule has 0 aromatic carbocycles. The maximum Gasteiger partial charge on any atom is 0.337 e. The molecule has 0 amide bonds. The molecule has 0 radical (unpaired) electrons. The summed E-state index contributed by atoms with van der Waals surface area (Å²) in [6.45, 7) is 0.284. The number of aromatic carboxylic acids is 1. The number of rotatable bonds is 3. The SMILES string of the molecule is NCc1cn(-c2cncc(C(=O)O)c2)nn1. The molecule has 0 aliphatic carbocycles. The number of carboxylic acid groups (broad SMARTS) is 1. The highest BCUT2D eigenvalue weighted by molar-refractivity contribution is 5.87. The normalized spacial score (nSPS) is 10.3. The van der Waals surface area contributed by atoms with E-state index in [4.69, 9.17) is 10.8 Å². The zero-order chi connectivity index (χ0) is 11.5. The van der Waals surface area contributed by atoms with Crippen molar-refractivity contribution in [3.8, 4) is 5.69 Å². The summed E-state index contributed by atoms with van der Waals surface area (Å²) in [5, 5.41) is 16.4. The van der Waals surface area contributed by atoms with Crippen LogP contribution in [0.3, 0.4) is 0 Å². The van der Waals surface area contributed by atoms with Crippen LogP contribution in [0.25, 0.3) is 5.69 Å². The first-order chi connectivity index (χ1) is 7.70. The number of nitrogens with two attached hydrogens (primary N) is 1. The van der Waals surface area contributed by atoms with E-state index in [1.54, 1.807) is 6.20 Å². The van der Waals surface area contributed by atoms with Crippen LogP contribution in [0.1, 0.15) is 16.1 Å². The van der Waals surface area contributed by atoms with Gasteiger partial charge in [-0.3, -0.25) is 4.98 Å². The third kappa shape index (κ3) is 1.89. The van der Waals surface area contributed by atoms with E-state index in [9.17, 15) is 4.79 Å². The fourth-order valence-electron chi connectivity index (χ4n) is 1.19.